The van der Waals surface area contributed by atoms with Crippen LogP contribution in [0.5, 0.6) is 0 Å². The highest BCUT2D eigenvalue weighted by molar-refractivity contribution is 5.39. The molecule has 19 heavy (non-hydrogen) atoms. The highest BCUT2D eigenvalue weighted by atomic mass is 16.1. The topological polar surface area (TPSA) is 59.8 Å². The Hall–Kier alpha value is -2.17. The summed E-state index contributed by atoms with van der Waals surface area (Å²) in [6.07, 6.45) is 5.99. The van der Waals surface area contributed by atoms with Gasteiger partial charge in [-0.3, -0.25) is 9.78 Å². The summed E-state index contributed by atoms with van der Waals surface area (Å²) >= 11 is 0. The van der Waals surface area contributed by atoms with Gasteiger partial charge in [-0.25, -0.2) is 4.68 Å². The fraction of sp³-hybridized carbons (Fsp3) is 0.357. The molecule has 0 bridgehead atoms. The van der Waals surface area contributed by atoms with E-state index < -0.39 is 0 Å². The molecule has 0 unspecified atom stereocenters. The van der Waals surface area contributed by atoms with Gasteiger partial charge in [-0.1, -0.05) is 6.07 Å². The number of nitrogens with zero attached hydrogens (tertiary/aromatic N) is 3. The summed E-state index contributed by atoms with van der Waals surface area (Å²) in [6.45, 7) is 1.34. The van der Waals surface area contributed by atoms with Crippen LogP contribution in [0.3, 0.4) is 0 Å². The van der Waals surface area contributed by atoms with E-state index in [1.54, 1.807) is 18.5 Å². The zero-order valence-electron chi connectivity index (χ0n) is 10.6. The molecule has 1 aliphatic rings. The number of aromatic nitrogens is 3. The van der Waals surface area contributed by atoms with Crippen LogP contribution >= 0.6 is 0 Å². The van der Waals surface area contributed by atoms with Crippen molar-refractivity contribution in [2.75, 3.05) is 11.9 Å². The fourth-order valence-electron chi connectivity index (χ4n) is 1.88. The summed E-state index contributed by atoms with van der Waals surface area (Å²) in [6, 6.07) is 7.23. The lowest BCUT2D eigenvalue weighted by atomic mass is 10.3. The minimum absolute atomic E-state index is 0.105. The lowest BCUT2D eigenvalue weighted by Gasteiger charge is -2.07. The maximum atomic E-state index is 11.9. The molecule has 2 heterocycles. The molecule has 0 amide bonds. The summed E-state index contributed by atoms with van der Waals surface area (Å²) in [4.78, 5) is 16.1. The third-order valence-electron chi connectivity index (χ3n) is 3.20. The Balaban J connectivity index is 1.70. The van der Waals surface area contributed by atoms with Gasteiger partial charge in [-0.15, -0.1) is 0 Å². The second-order valence-electron chi connectivity index (χ2n) is 4.89. The van der Waals surface area contributed by atoms with Gasteiger partial charge in [0.25, 0.3) is 5.56 Å². The molecule has 98 valence electrons. The Kier molecular flexibility index (Phi) is 3.27. The van der Waals surface area contributed by atoms with Crippen LogP contribution in [-0.2, 0) is 6.54 Å². The molecule has 0 spiro atoms. The zero-order chi connectivity index (χ0) is 13.1. The quantitative estimate of drug-likeness (QED) is 0.881. The predicted molar refractivity (Wildman–Crippen MR) is 73.0 cm³/mol. The van der Waals surface area contributed by atoms with Crippen molar-refractivity contribution >= 4 is 5.69 Å². The average molecular weight is 256 g/mol. The van der Waals surface area contributed by atoms with E-state index >= 15 is 0 Å². The maximum absolute atomic E-state index is 11.9. The zero-order valence-corrected chi connectivity index (χ0v) is 10.6. The lowest BCUT2D eigenvalue weighted by Crippen LogP contribution is -2.23. The van der Waals surface area contributed by atoms with Crippen molar-refractivity contribution in [2.45, 2.75) is 19.4 Å². The Morgan fingerprint density at radius 2 is 2.26 bits per heavy atom. The molecule has 2 aromatic rings. The summed E-state index contributed by atoms with van der Waals surface area (Å²) in [5, 5.41) is 7.42. The number of anilines is 1. The SMILES string of the molecule is O=c1cc(NCC2CC2)cnn1Cc1ccccn1. The van der Waals surface area contributed by atoms with Crippen molar-refractivity contribution in [1.82, 2.24) is 14.8 Å². The van der Waals surface area contributed by atoms with Crippen molar-refractivity contribution < 1.29 is 0 Å². The largest absolute Gasteiger partial charge is 0.383 e. The van der Waals surface area contributed by atoms with Gasteiger partial charge in [0.1, 0.15) is 0 Å². The van der Waals surface area contributed by atoms with Gasteiger partial charge in [-0.05, 0) is 30.9 Å². The average Bonchev–Trinajstić information content (AvgIpc) is 3.25. The van der Waals surface area contributed by atoms with Crippen LogP contribution in [0.4, 0.5) is 5.69 Å². The molecule has 1 aliphatic carbocycles. The summed E-state index contributed by atoms with van der Waals surface area (Å²) in [5.41, 5.74) is 1.52. The second kappa shape index (κ2) is 5.22. The first-order chi connectivity index (χ1) is 9.31. The lowest BCUT2D eigenvalue weighted by molar-refractivity contribution is 0.628. The Morgan fingerprint density at radius 1 is 1.37 bits per heavy atom. The molecule has 2 aromatic heterocycles. The molecule has 0 saturated heterocycles. The molecule has 5 nitrogen and oxygen atoms in total. The van der Waals surface area contributed by atoms with Gasteiger partial charge in [0.15, 0.2) is 0 Å². The van der Waals surface area contributed by atoms with Gasteiger partial charge in [0.2, 0.25) is 0 Å². The van der Waals surface area contributed by atoms with E-state index in [9.17, 15) is 4.79 Å². The van der Waals surface area contributed by atoms with Crippen molar-refractivity contribution in [2.24, 2.45) is 5.92 Å². The highest BCUT2D eigenvalue weighted by Crippen LogP contribution is 2.28. The van der Waals surface area contributed by atoms with E-state index in [4.69, 9.17) is 0 Å². The number of nitrogens with one attached hydrogen (secondary N) is 1. The van der Waals surface area contributed by atoms with Gasteiger partial charge in [-0.2, -0.15) is 5.10 Å². The fourth-order valence-corrected chi connectivity index (χ4v) is 1.88. The van der Waals surface area contributed by atoms with Crippen molar-refractivity contribution in [3.05, 3.63) is 52.7 Å². The van der Waals surface area contributed by atoms with Crippen molar-refractivity contribution in [1.29, 1.82) is 0 Å². The van der Waals surface area contributed by atoms with Gasteiger partial charge in [0.05, 0.1) is 24.1 Å². The summed E-state index contributed by atoms with van der Waals surface area (Å²) in [7, 11) is 0. The van der Waals surface area contributed by atoms with Crippen LogP contribution in [0.1, 0.15) is 18.5 Å². The Bertz CT molecular complexity index is 604. The number of hydrogen-bond donors (Lipinski definition) is 1. The van der Waals surface area contributed by atoms with Crippen LogP contribution in [0.2, 0.25) is 0 Å². The van der Waals surface area contributed by atoms with E-state index in [-0.39, 0.29) is 5.56 Å². The maximum Gasteiger partial charge on any atom is 0.269 e. The van der Waals surface area contributed by atoms with Crippen LogP contribution in [-0.4, -0.2) is 21.3 Å². The smallest absolute Gasteiger partial charge is 0.269 e. The molecular formula is C14H16N4O. The third kappa shape index (κ3) is 3.19. The van der Waals surface area contributed by atoms with Gasteiger partial charge < -0.3 is 5.32 Å². The van der Waals surface area contributed by atoms with Crippen LogP contribution in [0.15, 0.2) is 41.5 Å². The first-order valence-electron chi connectivity index (χ1n) is 6.52. The molecular weight excluding hydrogens is 240 g/mol. The van der Waals surface area contributed by atoms with Gasteiger partial charge in [0, 0.05) is 18.8 Å². The van der Waals surface area contributed by atoms with Gasteiger partial charge >= 0.3 is 0 Å². The minimum Gasteiger partial charge on any atom is -0.383 e. The van der Waals surface area contributed by atoms with E-state index in [1.807, 2.05) is 18.2 Å². The third-order valence-corrected chi connectivity index (χ3v) is 3.20. The summed E-state index contributed by atoms with van der Waals surface area (Å²) in [5.74, 6) is 0.774. The first-order valence-corrected chi connectivity index (χ1v) is 6.52. The molecule has 1 fully saturated rings. The van der Waals surface area contributed by atoms with Crippen LogP contribution in [0, 0.1) is 5.92 Å². The molecule has 5 heteroatoms. The van der Waals surface area contributed by atoms with E-state index in [0.29, 0.717) is 6.54 Å². The Morgan fingerprint density at radius 3 is 2.95 bits per heavy atom. The molecule has 1 saturated carbocycles. The molecule has 0 radical (unpaired) electrons. The molecule has 1 N–H and O–H groups in total. The van der Waals surface area contributed by atoms with E-state index in [0.717, 1.165) is 23.8 Å². The van der Waals surface area contributed by atoms with E-state index in [2.05, 4.69) is 15.4 Å². The predicted octanol–water partition coefficient (Wildman–Crippen LogP) is 1.51. The minimum atomic E-state index is -0.105. The number of pyridine rings is 1. The second-order valence-corrected chi connectivity index (χ2v) is 4.89. The summed E-state index contributed by atoms with van der Waals surface area (Å²) < 4.78 is 1.42. The number of rotatable bonds is 5. The first kappa shape index (κ1) is 11.9. The number of hydrogen-bond acceptors (Lipinski definition) is 4. The van der Waals surface area contributed by atoms with Crippen molar-refractivity contribution in [3.8, 4) is 0 Å². The highest BCUT2D eigenvalue weighted by Gasteiger charge is 2.20. The standard InChI is InChI=1S/C14H16N4O/c19-14-7-13(16-8-11-4-5-11)9-17-18(14)10-12-3-1-2-6-15-12/h1-3,6-7,9,11,16H,4-5,8,10H2. The van der Waals surface area contributed by atoms with Crippen LogP contribution < -0.4 is 10.9 Å². The molecule has 0 aliphatic heterocycles. The van der Waals surface area contributed by atoms with Crippen LogP contribution in [0.25, 0.3) is 0 Å². The monoisotopic (exact) mass is 256 g/mol. The molecule has 0 aromatic carbocycles. The van der Waals surface area contributed by atoms with E-state index in [1.165, 1.54) is 17.5 Å². The molecule has 0 atom stereocenters. The molecule has 3 rings (SSSR count). The normalized spacial score (nSPS) is 14.3. The Labute approximate surface area is 111 Å². The van der Waals surface area contributed by atoms with Crippen molar-refractivity contribution in [3.63, 3.8) is 0 Å².